The normalized spacial score (nSPS) is 14.7. The van der Waals surface area contributed by atoms with Gasteiger partial charge in [0.15, 0.2) is 6.34 Å². The number of nitrogens with two attached hydrogens (primary N) is 1. The molecule has 0 unspecified atom stereocenters. The van der Waals surface area contributed by atoms with Crippen molar-refractivity contribution in [2.45, 2.75) is 0 Å². The van der Waals surface area contributed by atoms with Crippen molar-refractivity contribution >= 4 is 12.7 Å². The highest BCUT2D eigenvalue weighted by atomic mass is 79.9. The lowest BCUT2D eigenvalue weighted by Gasteiger charge is -1.57. The molecule has 1 heterocycles. The Morgan fingerprint density at radius 1 is 1.50 bits per heavy atom. The van der Waals surface area contributed by atoms with Crippen LogP contribution >= 0.6 is 0 Å². The van der Waals surface area contributed by atoms with Crippen molar-refractivity contribution in [3.8, 4) is 0 Å². The highest BCUT2D eigenvalue weighted by Gasteiger charge is 1.77. The molecule has 0 radical (unpaired) electrons. The smallest absolute Gasteiger partial charge is 0.214 e. The quantitative estimate of drug-likeness (QED) is 0.338. The first-order chi connectivity index (χ1) is 2.50. The fourth-order valence-corrected chi connectivity index (χ4v) is 0.192. The Hall–Kier alpha value is -0.220. The van der Waals surface area contributed by atoms with E-state index in [1.807, 2.05) is 0 Å². The molecule has 34 valence electrons. The van der Waals surface area contributed by atoms with Gasteiger partial charge in [-0.2, -0.15) is 10.4 Å². The first kappa shape index (κ1) is 5.78. The molecular weight excluding hydrogens is 146 g/mol. The summed E-state index contributed by atoms with van der Waals surface area (Å²) >= 11 is 0. The summed E-state index contributed by atoms with van der Waals surface area (Å²) in [6.45, 7) is 0. The number of hydrogen-bond acceptors (Lipinski definition) is 2. The summed E-state index contributed by atoms with van der Waals surface area (Å²) in [5.41, 5.74) is 1.64. The molecule has 0 spiro atoms. The Labute approximate surface area is 45.9 Å². The van der Waals surface area contributed by atoms with Crippen LogP contribution in [-0.2, 0) is 0 Å². The third kappa shape index (κ3) is 1.28. The minimum absolute atomic E-state index is 0. The van der Waals surface area contributed by atoms with Gasteiger partial charge in [-0.3, -0.25) is 0 Å². The molecule has 6 heavy (non-hydrogen) atoms. The Kier molecular flexibility index (Phi) is 2.88. The summed E-state index contributed by atoms with van der Waals surface area (Å²) in [6, 6.07) is 0. The SMILES string of the molecule is C1=NC=N[NH2+]1.[Br-]. The molecular formula is C2H4BrN3. The van der Waals surface area contributed by atoms with Crippen LogP contribution in [0.2, 0.25) is 0 Å². The molecule has 2 N–H and O–H groups in total. The van der Waals surface area contributed by atoms with Crippen LogP contribution in [0.5, 0.6) is 0 Å². The summed E-state index contributed by atoms with van der Waals surface area (Å²) < 4.78 is 0. The van der Waals surface area contributed by atoms with E-state index in [1.165, 1.54) is 6.34 Å². The van der Waals surface area contributed by atoms with E-state index in [-0.39, 0.29) is 17.0 Å². The second-order valence-electron chi connectivity index (χ2n) is 0.712. The summed E-state index contributed by atoms with van der Waals surface area (Å²) in [4.78, 5) is 3.61. The number of quaternary nitrogens is 1. The zero-order valence-corrected chi connectivity index (χ0v) is 4.59. The van der Waals surface area contributed by atoms with Crippen molar-refractivity contribution in [2.75, 3.05) is 0 Å². The maximum atomic E-state index is 3.61. The lowest BCUT2D eigenvalue weighted by molar-refractivity contribution is -0.531. The van der Waals surface area contributed by atoms with Gasteiger partial charge in [-0.1, -0.05) is 5.10 Å². The summed E-state index contributed by atoms with van der Waals surface area (Å²) in [5.74, 6) is 0. The highest BCUT2D eigenvalue weighted by molar-refractivity contribution is 5.68. The van der Waals surface area contributed by atoms with Crippen LogP contribution in [0.15, 0.2) is 10.1 Å². The predicted octanol–water partition coefficient (Wildman–Crippen LogP) is -4.46. The number of rotatable bonds is 0. The Bertz CT molecular complexity index is 66.9. The van der Waals surface area contributed by atoms with E-state index in [0.29, 0.717) is 0 Å². The summed E-state index contributed by atoms with van der Waals surface area (Å²) in [6.07, 6.45) is 3.14. The van der Waals surface area contributed by atoms with Gasteiger partial charge in [0, 0.05) is 0 Å². The van der Waals surface area contributed by atoms with E-state index in [0.717, 1.165) is 0 Å². The molecule has 1 aliphatic heterocycles. The zero-order chi connectivity index (χ0) is 3.54. The molecule has 0 saturated heterocycles. The van der Waals surface area contributed by atoms with E-state index in [9.17, 15) is 0 Å². The molecule has 0 aromatic rings. The molecule has 1 rings (SSSR count). The van der Waals surface area contributed by atoms with Gasteiger partial charge >= 0.3 is 0 Å². The van der Waals surface area contributed by atoms with E-state index in [4.69, 9.17) is 0 Å². The second-order valence-corrected chi connectivity index (χ2v) is 0.712. The van der Waals surface area contributed by atoms with Crippen LogP contribution in [-0.4, -0.2) is 12.7 Å². The van der Waals surface area contributed by atoms with E-state index >= 15 is 0 Å². The van der Waals surface area contributed by atoms with E-state index in [2.05, 4.69) is 10.1 Å². The van der Waals surface area contributed by atoms with Crippen molar-refractivity contribution in [1.82, 2.24) is 0 Å². The van der Waals surface area contributed by atoms with Crippen LogP contribution in [0.1, 0.15) is 0 Å². The fraction of sp³-hybridized carbons (Fsp3) is 0. The molecule has 0 amide bonds. The number of hydrogen-bond donors (Lipinski definition) is 1. The Balaban J connectivity index is 0.000000250. The van der Waals surface area contributed by atoms with Crippen molar-refractivity contribution in [3.63, 3.8) is 0 Å². The molecule has 0 atom stereocenters. The predicted molar refractivity (Wildman–Crippen MR) is 18.9 cm³/mol. The first-order valence-corrected chi connectivity index (χ1v) is 1.37. The summed E-state index contributed by atoms with van der Waals surface area (Å²) in [5, 5.41) is 3.61. The Morgan fingerprint density at radius 3 is 2.50 bits per heavy atom. The van der Waals surface area contributed by atoms with Gasteiger partial charge in [-0.15, -0.1) is 0 Å². The zero-order valence-electron chi connectivity index (χ0n) is 3.00. The molecule has 0 bridgehead atoms. The molecule has 0 aromatic heterocycles. The molecule has 4 heteroatoms. The van der Waals surface area contributed by atoms with Crippen LogP contribution in [0.4, 0.5) is 0 Å². The van der Waals surface area contributed by atoms with Crippen LogP contribution in [0, 0.1) is 0 Å². The lowest BCUT2D eigenvalue weighted by Crippen LogP contribution is -3.00. The third-order valence-electron chi connectivity index (χ3n) is 0.372. The maximum absolute atomic E-state index is 3.61. The van der Waals surface area contributed by atoms with Gasteiger partial charge in [0.1, 0.15) is 0 Å². The third-order valence-corrected chi connectivity index (χ3v) is 0.372. The van der Waals surface area contributed by atoms with Crippen LogP contribution < -0.4 is 22.4 Å². The largest absolute Gasteiger partial charge is 1.00 e. The van der Waals surface area contributed by atoms with Crippen molar-refractivity contribution in [1.29, 1.82) is 0 Å². The van der Waals surface area contributed by atoms with Gasteiger partial charge < -0.3 is 17.0 Å². The van der Waals surface area contributed by atoms with Crippen molar-refractivity contribution in [2.24, 2.45) is 10.1 Å². The van der Waals surface area contributed by atoms with Crippen molar-refractivity contribution in [3.05, 3.63) is 0 Å². The second kappa shape index (κ2) is 2.99. The maximum Gasteiger partial charge on any atom is 0.214 e. The number of halogens is 1. The van der Waals surface area contributed by atoms with E-state index < -0.39 is 0 Å². The summed E-state index contributed by atoms with van der Waals surface area (Å²) in [7, 11) is 0. The monoisotopic (exact) mass is 149 g/mol. The first-order valence-electron chi connectivity index (χ1n) is 1.37. The van der Waals surface area contributed by atoms with Gasteiger partial charge in [0.25, 0.3) is 0 Å². The van der Waals surface area contributed by atoms with E-state index in [1.54, 1.807) is 11.8 Å². The van der Waals surface area contributed by atoms with Crippen molar-refractivity contribution < 1.29 is 22.4 Å². The average molecular weight is 150 g/mol. The lowest BCUT2D eigenvalue weighted by atomic mass is 11.3. The number of nitrogens with zero attached hydrogens (tertiary/aromatic N) is 2. The topological polar surface area (TPSA) is 41.3 Å². The Morgan fingerprint density at radius 2 is 2.33 bits per heavy atom. The molecule has 0 fully saturated rings. The standard InChI is InChI=1S/C2H3N3.BrH/c1-3-2-5-4-1;/h1-2H,(H,3,4,5);1H. The average Bonchev–Trinajstić information content (AvgIpc) is 1.76. The molecule has 1 aliphatic rings. The highest BCUT2D eigenvalue weighted by Crippen LogP contribution is 1.50. The van der Waals surface area contributed by atoms with Gasteiger partial charge in [0.2, 0.25) is 6.34 Å². The van der Waals surface area contributed by atoms with Gasteiger partial charge in [0.05, 0.1) is 0 Å². The van der Waals surface area contributed by atoms with Crippen LogP contribution in [0.25, 0.3) is 0 Å². The molecule has 0 aliphatic carbocycles. The molecule has 0 saturated carbocycles. The minimum Gasteiger partial charge on any atom is -1.00 e. The van der Waals surface area contributed by atoms with Gasteiger partial charge in [-0.05, 0) is 0 Å². The molecule has 0 aromatic carbocycles. The van der Waals surface area contributed by atoms with Gasteiger partial charge in [-0.25, -0.2) is 0 Å². The minimum atomic E-state index is 0. The number of aliphatic imine (C=N–C) groups is 1. The van der Waals surface area contributed by atoms with Crippen LogP contribution in [0.3, 0.4) is 0 Å². The fourth-order valence-electron chi connectivity index (χ4n) is 0.192. The molecule has 3 nitrogen and oxygen atoms in total.